The van der Waals surface area contributed by atoms with Gasteiger partial charge in [0.2, 0.25) is 15.9 Å². The van der Waals surface area contributed by atoms with Crippen LogP contribution in [-0.2, 0) is 14.8 Å². The van der Waals surface area contributed by atoms with Gasteiger partial charge in [-0.15, -0.1) is 11.3 Å². The summed E-state index contributed by atoms with van der Waals surface area (Å²) in [4.78, 5) is 39.6. The number of carbonyl (C=O) groups is 2. The van der Waals surface area contributed by atoms with Gasteiger partial charge in [0, 0.05) is 43.5 Å². The van der Waals surface area contributed by atoms with Crippen LogP contribution in [0.15, 0.2) is 59.5 Å². The molecule has 0 aliphatic carbocycles. The molecule has 38 heavy (non-hydrogen) atoms. The predicted octanol–water partition coefficient (Wildman–Crippen LogP) is 2.05. The Labute approximate surface area is 227 Å². The van der Waals surface area contributed by atoms with E-state index in [0.29, 0.717) is 21.3 Å². The fourth-order valence-electron chi connectivity index (χ4n) is 4.21. The maximum absolute atomic E-state index is 14.8. The van der Waals surface area contributed by atoms with E-state index in [4.69, 9.17) is 11.6 Å². The second kappa shape index (κ2) is 11.7. The molecule has 2 aromatic heterocycles. The van der Waals surface area contributed by atoms with E-state index in [1.807, 2.05) is 0 Å². The van der Waals surface area contributed by atoms with Gasteiger partial charge in [-0.3, -0.25) is 23.9 Å². The minimum Gasteiger partial charge on any atom is -0.347 e. The van der Waals surface area contributed by atoms with Crippen molar-refractivity contribution in [2.75, 3.05) is 31.2 Å². The highest BCUT2D eigenvalue weighted by molar-refractivity contribution is 7.88. The van der Waals surface area contributed by atoms with Crippen LogP contribution in [0.1, 0.15) is 16.1 Å². The molecule has 4 rings (SSSR count). The molecular formula is C24H25ClFN5O5S2. The number of anilines is 1. The number of pyridine rings is 1. The third-order valence-corrected chi connectivity index (χ3v) is 7.84. The summed E-state index contributed by atoms with van der Waals surface area (Å²) in [6, 6.07) is 11.1. The molecule has 1 fully saturated rings. The van der Waals surface area contributed by atoms with Crippen molar-refractivity contribution in [3.63, 3.8) is 0 Å². The van der Waals surface area contributed by atoms with E-state index in [9.17, 15) is 27.2 Å². The van der Waals surface area contributed by atoms with Crippen molar-refractivity contribution in [3.05, 3.63) is 80.1 Å². The zero-order valence-electron chi connectivity index (χ0n) is 20.2. The fourth-order valence-corrected chi connectivity index (χ4v) is 5.65. The smallest absolute Gasteiger partial charge is 0.261 e. The van der Waals surface area contributed by atoms with Gasteiger partial charge in [0.1, 0.15) is 5.82 Å². The topological polar surface area (TPSA) is 130 Å². The molecule has 1 aromatic carbocycles. The Kier molecular flexibility index (Phi) is 8.63. The van der Waals surface area contributed by atoms with Crippen LogP contribution in [0.4, 0.5) is 10.1 Å². The first-order valence-corrected chi connectivity index (χ1v) is 14.6. The number of rotatable bonds is 9. The van der Waals surface area contributed by atoms with E-state index in [1.54, 1.807) is 29.2 Å². The number of likely N-dealkylation sites (tertiary alicyclic amines) is 1. The molecule has 0 bridgehead atoms. The van der Waals surface area contributed by atoms with Gasteiger partial charge < -0.3 is 10.6 Å². The average Bonchev–Trinajstić information content (AvgIpc) is 3.44. The molecule has 14 heteroatoms. The molecule has 1 saturated heterocycles. The Balaban J connectivity index is 1.42. The molecular weight excluding hydrogens is 557 g/mol. The second-order valence-corrected chi connectivity index (χ2v) is 12.4. The molecule has 10 nitrogen and oxygen atoms in total. The Hall–Kier alpha value is -3.10. The van der Waals surface area contributed by atoms with E-state index in [-0.39, 0.29) is 48.9 Å². The maximum atomic E-state index is 14.8. The molecule has 0 spiro atoms. The van der Waals surface area contributed by atoms with Gasteiger partial charge in [-0.05, 0) is 36.8 Å². The second-order valence-electron chi connectivity index (χ2n) is 8.83. The van der Waals surface area contributed by atoms with Crippen LogP contribution in [-0.4, -0.2) is 67.7 Å². The molecule has 2 amide bonds. The first kappa shape index (κ1) is 27.9. The lowest BCUT2D eigenvalue weighted by Gasteiger charge is -2.23. The van der Waals surface area contributed by atoms with Gasteiger partial charge in [0.05, 0.1) is 33.4 Å². The number of aromatic nitrogens is 1. The summed E-state index contributed by atoms with van der Waals surface area (Å²) in [5.74, 6) is -1.55. The number of thiophene rings is 1. The van der Waals surface area contributed by atoms with Crippen molar-refractivity contribution in [1.82, 2.24) is 19.5 Å². The van der Waals surface area contributed by atoms with Crippen LogP contribution in [0.5, 0.6) is 0 Å². The first-order valence-electron chi connectivity index (χ1n) is 11.5. The number of nitrogens with one attached hydrogen (secondary N) is 3. The number of amides is 2. The summed E-state index contributed by atoms with van der Waals surface area (Å²) in [5.41, 5.74) is -0.0781. The number of sulfonamides is 1. The molecule has 0 unspecified atom stereocenters. The molecule has 2 atom stereocenters. The summed E-state index contributed by atoms with van der Waals surface area (Å²) in [6.07, 6.45) is 2.94. The number of benzene rings is 1. The molecule has 0 saturated carbocycles. The zero-order chi connectivity index (χ0) is 27.4. The first-order chi connectivity index (χ1) is 18.0. The van der Waals surface area contributed by atoms with Gasteiger partial charge in [-0.25, -0.2) is 17.5 Å². The third-order valence-electron chi connectivity index (χ3n) is 5.92. The summed E-state index contributed by atoms with van der Waals surface area (Å²) in [7, 11) is -3.48. The molecule has 1 aliphatic heterocycles. The SMILES string of the molecule is CS(=O)(=O)NC[C@@H]1C[C@@H](NC(=O)c2ccc(Cl)s2)CN1CC(=O)Nc1ccc(-n2ccccc2=O)cc1F. The van der Waals surface area contributed by atoms with Gasteiger partial charge >= 0.3 is 0 Å². The van der Waals surface area contributed by atoms with E-state index >= 15 is 0 Å². The molecule has 3 aromatic rings. The summed E-state index contributed by atoms with van der Waals surface area (Å²) < 4.78 is 42.2. The van der Waals surface area contributed by atoms with E-state index in [1.165, 1.54) is 29.0 Å². The molecule has 0 radical (unpaired) electrons. The maximum Gasteiger partial charge on any atom is 0.261 e. The highest BCUT2D eigenvalue weighted by Gasteiger charge is 2.34. The lowest BCUT2D eigenvalue weighted by Crippen LogP contribution is -2.43. The number of hydrogen-bond acceptors (Lipinski definition) is 7. The standard InChI is InChI=1S/C24H25ClFN5O5S2/c1-38(35,36)27-12-17-10-15(28-24(34)20-7-8-21(25)37-20)13-30(17)14-22(32)29-19-6-5-16(11-18(19)26)31-9-3-2-4-23(31)33/h2-9,11,15,17,27H,10,12-14H2,1H3,(H,28,34)(H,29,32)/t15-,17+/m1/s1. The van der Waals surface area contributed by atoms with Crippen LogP contribution in [0, 0.1) is 5.82 Å². The van der Waals surface area contributed by atoms with Crippen molar-refractivity contribution in [2.45, 2.75) is 18.5 Å². The van der Waals surface area contributed by atoms with Crippen molar-refractivity contribution in [2.24, 2.45) is 0 Å². The van der Waals surface area contributed by atoms with E-state index < -0.39 is 21.7 Å². The summed E-state index contributed by atoms with van der Waals surface area (Å²) in [5, 5.41) is 5.42. The van der Waals surface area contributed by atoms with Crippen LogP contribution >= 0.6 is 22.9 Å². The molecule has 202 valence electrons. The van der Waals surface area contributed by atoms with Gasteiger partial charge in [0.25, 0.3) is 11.5 Å². The van der Waals surface area contributed by atoms with Crippen molar-refractivity contribution in [3.8, 4) is 5.69 Å². The van der Waals surface area contributed by atoms with Gasteiger partial charge in [-0.1, -0.05) is 17.7 Å². The highest BCUT2D eigenvalue weighted by atomic mass is 35.5. The Bertz CT molecular complexity index is 1510. The van der Waals surface area contributed by atoms with Crippen LogP contribution in [0.2, 0.25) is 4.34 Å². The largest absolute Gasteiger partial charge is 0.347 e. The van der Waals surface area contributed by atoms with Crippen LogP contribution < -0.4 is 20.9 Å². The Morgan fingerprint density at radius 3 is 2.63 bits per heavy atom. The summed E-state index contributed by atoms with van der Waals surface area (Å²) >= 11 is 7.05. The number of halogens is 2. The summed E-state index contributed by atoms with van der Waals surface area (Å²) in [6.45, 7) is 0.164. The average molecular weight is 582 g/mol. The lowest BCUT2D eigenvalue weighted by atomic mass is 10.1. The minimum absolute atomic E-state index is 0.0399. The van der Waals surface area contributed by atoms with Gasteiger partial charge in [-0.2, -0.15) is 0 Å². The fraction of sp³-hybridized carbons (Fsp3) is 0.292. The zero-order valence-corrected chi connectivity index (χ0v) is 22.6. The number of hydrogen-bond donors (Lipinski definition) is 3. The van der Waals surface area contributed by atoms with Gasteiger partial charge in [0.15, 0.2) is 0 Å². The molecule has 3 heterocycles. The van der Waals surface area contributed by atoms with Crippen molar-refractivity contribution in [1.29, 1.82) is 0 Å². The van der Waals surface area contributed by atoms with Crippen LogP contribution in [0.3, 0.4) is 0 Å². The van der Waals surface area contributed by atoms with Crippen molar-refractivity contribution >= 4 is 50.5 Å². The van der Waals surface area contributed by atoms with E-state index in [0.717, 1.165) is 23.7 Å². The van der Waals surface area contributed by atoms with E-state index in [2.05, 4.69) is 15.4 Å². The normalized spacial score (nSPS) is 17.9. The lowest BCUT2D eigenvalue weighted by molar-refractivity contribution is -0.117. The number of nitrogens with zero attached hydrogens (tertiary/aromatic N) is 2. The Morgan fingerprint density at radius 1 is 1.18 bits per heavy atom. The highest BCUT2D eigenvalue weighted by Crippen LogP contribution is 2.23. The Morgan fingerprint density at radius 2 is 1.97 bits per heavy atom. The quantitative estimate of drug-likeness (QED) is 0.355. The monoisotopic (exact) mass is 581 g/mol. The van der Waals surface area contributed by atoms with Crippen molar-refractivity contribution < 1.29 is 22.4 Å². The number of carbonyl (C=O) groups excluding carboxylic acids is 2. The predicted molar refractivity (Wildman–Crippen MR) is 144 cm³/mol. The van der Waals surface area contributed by atoms with Crippen LogP contribution in [0.25, 0.3) is 5.69 Å². The molecule has 1 aliphatic rings. The third kappa shape index (κ3) is 7.26. The molecule has 3 N–H and O–H groups in total. The minimum atomic E-state index is -3.48.